The van der Waals surface area contributed by atoms with Gasteiger partial charge in [-0.25, -0.2) is 0 Å². The van der Waals surface area contributed by atoms with Crippen LogP contribution >= 0.6 is 0 Å². The molecule has 2 aliphatic rings. The maximum absolute atomic E-state index is 12.1. The number of carbonyl (C=O) groups excluding carboxylic acids is 1. The number of hydrogen-bond donors (Lipinski definition) is 1. The van der Waals surface area contributed by atoms with Crippen molar-refractivity contribution in [1.82, 2.24) is 0 Å². The third kappa shape index (κ3) is 3.90. The van der Waals surface area contributed by atoms with E-state index in [-0.39, 0.29) is 11.8 Å². The van der Waals surface area contributed by atoms with Gasteiger partial charge in [0.1, 0.15) is 5.78 Å². The lowest BCUT2D eigenvalue weighted by atomic mass is 9.82. The molecule has 0 radical (unpaired) electrons. The molecule has 1 saturated carbocycles. The lowest BCUT2D eigenvalue weighted by Crippen LogP contribution is -2.30. The molecule has 0 bridgehead atoms. The molecule has 0 aromatic carbocycles. The molecule has 0 aliphatic heterocycles. The molecule has 0 amide bonds. The molecule has 124 valence electrons. The van der Waals surface area contributed by atoms with E-state index in [1.165, 1.54) is 11.1 Å². The van der Waals surface area contributed by atoms with Crippen LogP contribution in [0.4, 0.5) is 0 Å². The number of carbonyl (C=O) groups is 1. The van der Waals surface area contributed by atoms with Crippen molar-refractivity contribution in [2.24, 2.45) is 23.7 Å². The van der Waals surface area contributed by atoms with Crippen LogP contribution in [0.3, 0.4) is 0 Å². The molecule has 0 aromatic rings. The summed E-state index contributed by atoms with van der Waals surface area (Å²) in [6, 6.07) is 0. The number of allylic oxidation sites excluding steroid dienone is 2. The van der Waals surface area contributed by atoms with Gasteiger partial charge in [0.25, 0.3) is 0 Å². The fraction of sp³-hybridized carbons (Fsp3) is 0.750. The summed E-state index contributed by atoms with van der Waals surface area (Å²) < 4.78 is 0. The average Bonchev–Trinajstić information content (AvgIpc) is 2.57. The zero-order valence-electron chi connectivity index (χ0n) is 14.7. The number of fused-ring (bicyclic) bond motifs is 1. The number of rotatable bonds is 5. The summed E-state index contributed by atoms with van der Waals surface area (Å²) >= 11 is 0. The fourth-order valence-corrected chi connectivity index (χ4v) is 4.21. The van der Waals surface area contributed by atoms with E-state index in [4.69, 9.17) is 0 Å². The van der Waals surface area contributed by atoms with Crippen LogP contribution in [0.15, 0.2) is 23.8 Å². The van der Waals surface area contributed by atoms with Crippen LogP contribution in [0.1, 0.15) is 66.2 Å². The second kappa shape index (κ2) is 6.70. The van der Waals surface area contributed by atoms with Crippen molar-refractivity contribution in [2.45, 2.75) is 71.8 Å². The van der Waals surface area contributed by atoms with E-state index in [1.54, 1.807) is 0 Å². The van der Waals surface area contributed by atoms with Gasteiger partial charge in [-0.2, -0.15) is 0 Å². The largest absolute Gasteiger partial charge is 0.390 e. The second-order valence-corrected chi connectivity index (χ2v) is 8.17. The summed E-state index contributed by atoms with van der Waals surface area (Å²) in [6.45, 7) is 12.6. The Labute approximate surface area is 135 Å². The van der Waals surface area contributed by atoms with E-state index >= 15 is 0 Å². The Morgan fingerprint density at radius 1 is 1.36 bits per heavy atom. The standard InChI is InChI=1S/C20H32O2/c1-13(2)10-17(21)11-15(4)16-7-6-14(3)18-8-9-20(5,22)19(18)12-16/h12-13,15,18-19,22H,3,6-11H2,1-2,4-5H3/t15-,18-,19+,20+/m0/s1. The van der Waals surface area contributed by atoms with Crippen LogP contribution in [0.2, 0.25) is 0 Å². The third-order valence-corrected chi connectivity index (χ3v) is 5.57. The van der Waals surface area contributed by atoms with E-state index in [9.17, 15) is 9.90 Å². The Kier molecular flexibility index (Phi) is 5.32. The maximum Gasteiger partial charge on any atom is 0.133 e. The van der Waals surface area contributed by atoms with Crippen molar-refractivity contribution in [1.29, 1.82) is 0 Å². The molecule has 2 heteroatoms. The smallest absolute Gasteiger partial charge is 0.133 e. The third-order valence-electron chi connectivity index (χ3n) is 5.57. The van der Waals surface area contributed by atoms with Gasteiger partial charge in [-0.1, -0.05) is 44.6 Å². The van der Waals surface area contributed by atoms with E-state index in [0.29, 0.717) is 30.5 Å². The minimum atomic E-state index is -0.620. The van der Waals surface area contributed by atoms with E-state index < -0.39 is 5.60 Å². The molecule has 4 atom stereocenters. The molecule has 1 fully saturated rings. The van der Waals surface area contributed by atoms with Gasteiger partial charge in [0.05, 0.1) is 5.60 Å². The van der Waals surface area contributed by atoms with Crippen molar-refractivity contribution >= 4 is 5.78 Å². The summed E-state index contributed by atoms with van der Waals surface area (Å²) in [7, 11) is 0. The molecule has 0 saturated heterocycles. The first-order valence-corrected chi connectivity index (χ1v) is 8.83. The Balaban J connectivity index is 2.12. The van der Waals surface area contributed by atoms with E-state index in [1.807, 2.05) is 6.92 Å². The molecule has 0 unspecified atom stereocenters. The van der Waals surface area contributed by atoms with Crippen molar-refractivity contribution in [3.63, 3.8) is 0 Å². The Morgan fingerprint density at radius 2 is 2.05 bits per heavy atom. The van der Waals surface area contributed by atoms with Crippen LogP contribution in [-0.4, -0.2) is 16.5 Å². The highest BCUT2D eigenvalue weighted by molar-refractivity contribution is 5.79. The van der Waals surface area contributed by atoms with E-state index in [0.717, 1.165) is 25.7 Å². The molecule has 2 aliphatic carbocycles. The average molecular weight is 304 g/mol. The fourth-order valence-electron chi connectivity index (χ4n) is 4.21. The second-order valence-electron chi connectivity index (χ2n) is 8.17. The van der Waals surface area contributed by atoms with Gasteiger partial charge in [-0.05, 0) is 50.4 Å². The number of aliphatic hydroxyl groups is 1. The van der Waals surface area contributed by atoms with Gasteiger partial charge in [0.15, 0.2) is 0 Å². The first-order chi connectivity index (χ1) is 10.2. The van der Waals surface area contributed by atoms with Crippen molar-refractivity contribution in [3.8, 4) is 0 Å². The Bertz CT molecular complexity index is 470. The summed E-state index contributed by atoms with van der Waals surface area (Å²) in [5.74, 6) is 1.68. The van der Waals surface area contributed by atoms with E-state index in [2.05, 4.69) is 33.4 Å². The molecule has 22 heavy (non-hydrogen) atoms. The molecule has 0 spiro atoms. The summed E-state index contributed by atoms with van der Waals surface area (Å²) in [6.07, 6.45) is 7.50. The van der Waals surface area contributed by atoms with Gasteiger partial charge >= 0.3 is 0 Å². The normalized spacial score (nSPS) is 33.4. The van der Waals surface area contributed by atoms with Crippen LogP contribution in [0.25, 0.3) is 0 Å². The highest BCUT2D eigenvalue weighted by Gasteiger charge is 2.44. The first-order valence-electron chi connectivity index (χ1n) is 8.83. The molecule has 1 N–H and O–H groups in total. The zero-order valence-corrected chi connectivity index (χ0v) is 14.7. The quantitative estimate of drug-likeness (QED) is 0.749. The minimum Gasteiger partial charge on any atom is -0.390 e. The summed E-state index contributed by atoms with van der Waals surface area (Å²) in [5.41, 5.74) is 2.02. The summed E-state index contributed by atoms with van der Waals surface area (Å²) in [5, 5.41) is 10.7. The topological polar surface area (TPSA) is 37.3 Å². The molecule has 0 heterocycles. The van der Waals surface area contributed by atoms with Gasteiger partial charge in [0.2, 0.25) is 0 Å². The Hall–Kier alpha value is -0.890. The SMILES string of the molecule is C=C1CCC([C@@H](C)CC(=O)CC(C)C)=C[C@@H]2[C@H]1CC[C@@]2(C)O. The van der Waals surface area contributed by atoms with Gasteiger partial charge in [0, 0.05) is 18.8 Å². The van der Waals surface area contributed by atoms with Crippen LogP contribution in [0.5, 0.6) is 0 Å². The van der Waals surface area contributed by atoms with Gasteiger partial charge in [-0.15, -0.1) is 0 Å². The van der Waals surface area contributed by atoms with Gasteiger partial charge < -0.3 is 5.11 Å². The van der Waals surface area contributed by atoms with Crippen LogP contribution in [-0.2, 0) is 4.79 Å². The van der Waals surface area contributed by atoms with Crippen molar-refractivity contribution in [3.05, 3.63) is 23.8 Å². The highest BCUT2D eigenvalue weighted by Crippen LogP contribution is 2.48. The molecular weight excluding hydrogens is 272 g/mol. The predicted octanol–water partition coefficient (Wildman–Crippen LogP) is 4.68. The van der Waals surface area contributed by atoms with Crippen molar-refractivity contribution in [2.75, 3.05) is 0 Å². The molecular formula is C20H32O2. The molecule has 2 nitrogen and oxygen atoms in total. The number of ketones is 1. The number of hydrogen-bond acceptors (Lipinski definition) is 2. The minimum absolute atomic E-state index is 0.181. The predicted molar refractivity (Wildman–Crippen MR) is 91.5 cm³/mol. The first kappa shape index (κ1) is 17.5. The Morgan fingerprint density at radius 3 is 2.68 bits per heavy atom. The number of Topliss-reactive ketones (excluding diaryl/α,β-unsaturated/α-hetero) is 1. The zero-order chi connectivity index (χ0) is 16.5. The lowest BCUT2D eigenvalue weighted by Gasteiger charge is -2.27. The molecule has 0 aromatic heterocycles. The summed E-state index contributed by atoms with van der Waals surface area (Å²) in [4.78, 5) is 12.1. The molecule has 2 rings (SSSR count). The van der Waals surface area contributed by atoms with Crippen LogP contribution in [0, 0.1) is 23.7 Å². The monoisotopic (exact) mass is 304 g/mol. The van der Waals surface area contributed by atoms with Gasteiger partial charge in [-0.3, -0.25) is 4.79 Å². The van der Waals surface area contributed by atoms with Crippen LogP contribution < -0.4 is 0 Å². The maximum atomic E-state index is 12.1. The highest BCUT2D eigenvalue weighted by atomic mass is 16.3. The van der Waals surface area contributed by atoms with Crippen molar-refractivity contribution < 1.29 is 9.90 Å². The lowest BCUT2D eigenvalue weighted by molar-refractivity contribution is -0.120.